The Morgan fingerprint density at radius 2 is 1.94 bits per heavy atom. The highest BCUT2D eigenvalue weighted by molar-refractivity contribution is 7.98. The molecule has 2 rings (SSSR count). The zero-order valence-electron chi connectivity index (χ0n) is 9.29. The fourth-order valence-corrected chi connectivity index (χ4v) is 2.87. The number of halogens is 3. The first-order valence-corrected chi connectivity index (χ1v) is 6.93. The normalized spacial score (nSPS) is 10.6. The van der Waals surface area contributed by atoms with Gasteiger partial charge in [-0.3, -0.25) is 0 Å². The van der Waals surface area contributed by atoms with Gasteiger partial charge in [0.25, 0.3) is 0 Å². The highest BCUT2D eigenvalue weighted by atomic mass is 35.5. The Bertz CT molecular complexity index is 575. The summed E-state index contributed by atoms with van der Waals surface area (Å²) >= 11 is 13.5. The van der Waals surface area contributed by atoms with Crippen LogP contribution in [0.1, 0.15) is 5.56 Å². The Balaban J connectivity index is 2.14. The highest BCUT2D eigenvalue weighted by Gasteiger charge is 2.07. The summed E-state index contributed by atoms with van der Waals surface area (Å²) in [6.07, 6.45) is 0. The summed E-state index contributed by atoms with van der Waals surface area (Å²) < 4.78 is 12.9. The summed E-state index contributed by atoms with van der Waals surface area (Å²) in [5.74, 6) is 0.299. The Morgan fingerprint density at radius 3 is 2.67 bits per heavy atom. The van der Waals surface area contributed by atoms with Crippen LogP contribution in [0.15, 0.2) is 41.3 Å². The molecule has 0 heterocycles. The van der Waals surface area contributed by atoms with E-state index in [1.54, 1.807) is 12.1 Å². The molecule has 0 saturated heterocycles. The van der Waals surface area contributed by atoms with Gasteiger partial charge in [-0.15, -0.1) is 11.8 Å². The highest BCUT2D eigenvalue weighted by Crippen LogP contribution is 2.33. The molecule has 1 nitrogen and oxygen atoms in total. The Kier molecular flexibility index (Phi) is 4.38. The molecule has 2 aromatic rings. The lowest BCUT2D eigenvalue weighted by molar-refractivity contribution is 0.627. The molecule has 0 aliphatic carbocycles. The van der Waals surface area contributed by atoms with Gasteiger partial charge >= 0.3 is 0 Å². The van der Waals surface area contributed by atoms with Gasteiger partial charge in [-0.1, -0.05) is 35.3 Å². The zero-order chi connectivity index (χ0) is 13.1. The average molecular weight is 302 g/mol. The molecule has 0 aliphatic heterocycles. The topological polar surface area (TPSA) is 26.0 Å². The molecule has 0 saturated carbocycles. The number of nitrogen functional groups attached to an aromatic ring is 1. The third-order valence-corrected chi connectivity index (χ3v) is 4.38. The maximum Gasteiger partial charge on any atom is 0.125 e. The van der Waals surface area contributed by atoms with Crippen molar-refractivity contribution in [1.29, 1.82) is 0 Å². The van der Waals surface area contributed by atoms with Crippen molar-refractivity contribution in [3.05, 3.63) is 57.8 Å². The van der Waals surface area contributed by atoms with E-state index in [4.69, 9.17) is 28.9 Å². The molecule has 2 aromatic carbocycles. The summed E-state index contributed by atoms with van der Waals surface area (Å²) in [7, 11) is 0. The molecule has 0 bridgehead atoms. The van der Waals surface area contributed by atoms with Crippen LogP contribution in [0.5, 0.6) is 0 Å². The van der Waals surface area contributed by atoms with Crippen LogP contribution in [0.25, 0.3) is 0 Å². The fourth-order valence-electron chi connectivity index (χ4n) is 1.47. The molecule has 0 spiro atoms. The minimum absolute atomic E-state index is 0.336. The van der Waals surface area contributed by atoms with Crippen molar-refractivity contribution >= 4 is 40.7 Å². The lowest BCUT2D eigenvalue weighted by Crippen LogP contribution is -1.91. The van der Waals surface area contributed by atoms with E-state index in [9.17, 15) is 4.39 Å². The SMILES string of the molecule is Nc1cc(F)ccc1SCc1cccc(Cl)c1Cl. The van der Waals surface area contributed by atoms with Crippen molar-refractivity contribution in [1.82, 2.24) is 0 Å². The van der Waals surface area contributed by atoms with Crippen molar-refractivity contribution < 1.29 is 4.39 Å². The molecule has 2 N–H and O–H groups in total. The van der Waals surface area contributed by atoms with E-state index in [2.05, 4.69) is 0 Å². The molecule has 18 heavy (non-hydrogen) atoms. The lowest BCUT2D eigenvalue weighted by Gasteiger charge is -2.07. The maximum absolute atomic E-state index is 12.9. The van der Waals surface area contributed by atoms with E-state index >= 15 is 0 Å². The Morgan fingerprint density at radius 1 is 1.17 bits per heavy atom. The quantitative estimate of drug-likeness (QED) is 0.637. The van der Waals surface area contributed by atoms with Gasteiger partial charge in [0.2, 0.25) is 0 Å². The summed E-state index contributed by atoms with van der Waals surface area (Å²) in [6, 6.07) is 9.84. The molecule has 0 radical (unpaired) electrons. The van der Waals surface area contributed by atoms with E-state index in [1.807, 2.05) is 12.1 Å². The van der Waals surface area contributed by atoms with E-state index in [1.165, 1.54) is 23.9 Å². The van der Waals surface area contributed by atoms with E-state index in [0.717, 1.165) is 10.5 Å². The van der Waals surface area contributed by atoms with Gasteiger partial charge in [0.15, 0.2) is 0 Å². The first kappa shape index (κ1) is 13.5. The van der Waals surface area contributed by atoms with E-state index in [-0.39, 0.29) is 5.82 Å². The second kappa shape index (κ2) is 5.83. The van der Waals surface area contributed by atoms with Crippen molar-refractivity contribution in [2.45, 2.75) is 10.6 Å². The molecule has 0 aromatic heterocycles. The molecular formula is C13H10Cl2FNS. The van der Waals surface area contributed by atoms with Gasteiger partial charge in [-0.2, -0.15) is 0 Å². The van der Waals surface area contributed by atoms with Gasteiger partial charge < -0.3 is 5.73 Å². The third-order valence-electron chi connectivity index (χ3n) is 2.39. The summed E-state index contributed by atoms with van der Waals surface area (Å²) in [5.41, 5.74) is 7.09. The largest absolute Gasteiger partial charge is 0.398 e. The molecule has 0 aliphatic rings. The smallest absolute Gasteiger partial charge is 0.125 e. The summed E-state index contributed by atoms with van der Waals surface area (Å²) in [5, 5.41) is 1.08. The number of thioether (sulfide) groups is 1. The predicted molar refractivity (Wildman–Crippen MR) is 76.8 cm³/mol. The van der Waals surface area contributed by atoms with Crippen LogP contribution < -0.4 is 5.73 Å². The predicted octanol–water partition coefficient (Wildman–Crippen LogP) is 5.01. The van der Waals surface area contributed by atoms with Crippen LogP contribution in [-0.2, 0) is 5.75 Å². The minimum Gasteiger partial charge on any atom is -0.398 e. The first-order chi connectivity index (χ1) is 8.58. The number of anilines is 1. The number of nitrogens with two attached hydrogens (primary N) is 1. The monoisotopic (exact) mass is 301 g/mol. The van der Waals surface area contributed by atoms with Crippen molar-refractivity contribution in [3.63, 3.8) is 0 Å². The van der Waals surface area contributed by atoms with E-state index in [0.29, 0.717) is 21.5 Å². The van der Waals surface area contributed by atoms with Gasteiger partial charge in [-0.25, -0.2) is 4.39 Å². The Hall–Kier alpha value is -0.900. The van der Waals surface area contributed by atoms with Crippen LogP contribution in [0.3, 0.4) is 0 Å². The summed E-state index contributed by atoms with van der Waals surface area (Å²) in [4.78, 5) is 0.826. The standard InChI is InChI=1S/C13H10Cl2FNS/c14-10-3-1-2-8(13(10)15)7-18-12-5-4-9(16)6-11(12)17/h1-6H,7,17H2. The van der Waals surface area contributed by atoms with Gasteiger partial charge in [0.05, 0.1) is 10.0 Å². The summed E-state index contributed by atoms with van der Waals surface area (Å²) in [6.45, 7) is 0. The molecule has 0 unspecified atom stereocenters. The van der Waals surface area contributed by atoms with Gasteiger partial charge in [0.1, 0.15) is 5.82 Å². The second-order valence-electron chi connectivity index (χ2n) is 3.68. The van der Waals surface area contributed by atoms with Crippen LogP contribution in [0.4, 0.5) is 10.1 Å². The molecule has 0 atom stereocenters. The third kappa shape index (κ3) is 3.10. The number of rotatable bonds is 3. The van der Waals surface area contributed by atoms with Crippen molar-refractivity contribution in [3.8, 4) is 0 Å². The maximum atomic E-state index is 12.9. The number of hydrogen-bond donors (Lipinski definition) is 1. The number of hydrogen-bond acceptors (Lipinski definition) is 2. The van der Waals surface area contributed by atoms with Crippen LogP contribution in [-0.4, -0.2) is 0 Å². The zero-order valence-corrected chi connectivity index (χ0v) is 11.6. The molecule has 0 amide bonds. The molecule has 0 fully saturated rings. The molecule has 5 heteroatoms. The van der Waals surface area contributed by atoms with Crippen LogP contribution in [0.2, 0.25) is 10.0 Å². The van der Waals surface area contributed by atoms with Crippen LogP contribution >= 0.6 is 35.0 Å². The number of benzene rings is 2. The minimum atomic E-state index is -0.336. The fraction of sp³-hybridized carbons (Fsp3) is 0.0769. The first-order valence-electron chi connectivity index (χ1n) is 5.18. The van der Waals surface area contributed by atoms with E-state index < -0.39 is 0 Å². The van der Waals surface area contributed by atoms with Crippen LogP contribution in [0, 0.1) is 5.82 Å². The van der Waals surface area contributed by atoms with Crippen molar-refractivity contribution in [2.75, 3.05) is 5.73 Å². The van der Waals surface area contributed by atoms with Crippen molar-refractivity contribution in [2.24, 2.45) is 0 Å². The lowest BCUT2D eigenvalue weighted by atomic mass is 10.2. The average Bonchev–Trinajstić information content (AvgIpc) is 2.33. The van der Waals surface area contributed by atoms with Gasteiger partial charge in [-0.05, 0) is 29.8 Å². The Labute approximate surface area is 119 Å². The molecule has 94 valence electrons. The van der Waals surface area contributed by atoms with Gasteiger partial charge in [0, 0.05) is 16.3 Å². The molecular weight excluding hydrogens is 292 g/mol. The second-order valence-corrected chi connectivity index (χ2v) is 5.49.